The number of esters is 1. The van der Waals surface area contributed by atoms with E-state index in [9.17, 15) is 9.59 Å². The van der Waals surface area contributed by atoms with Crippen LogP contribution in [0, 0.1) is 0 Å². The average Bonchev–Trinajstić information content (AvgIpc) is 2.65. The van der Waals surface area contributed by atoms with Gasteiger partial charge in [-0.05, 0) is 42.3 Å². The maximum atomic E-state index is 11.9. The molecule has 4 nitrogen and oxygen atoms in total. The van der Waals surface area contributed by atoms with E-state index in [2.05, 4.69) is 12.2 Å². The highest BCUT2D eigenvalue weighted by Gasteiger charge is 2.07. The first-order valence-electron chi connectivity index (χ1n) is 8.50. The third kappa shape index (κ3) is 6.63. The summed E-state index contributed by atoms with van der Waals surface area (Å²) in [6.07, 6.45) is 6.24. The third-order valence-corrected chi connectivity index (χ3v) is 3.60. The fraction of sp³-hybridized carbons (Fsp3) is 0.238. The van der Waals surface area contributed by atoms with Gasteiger partial charge in [0.15, 0.2) is 0 Å². The second kappa shape index (κ2) is 10.1. The van der Waals surface area contributed by atoms with E-state index in [4.69, 9.17) is 4.74 Å². The van der Waals surface area contributed by atoms with Crippen LogP contribution in [-0.2, 0) is 9.53 Å². The van der Waals surface area contributed by atoms with Crippen LogP contribution in [0.4, 0.5) is 5.69 Å². The van der Waals surface area contributed by atoms with Gasteiger partial charge in [-0.1, -0.05) is 50.1 Å². The Hall–Kier alpha value is -2.88. The van der Waals surface area contributed by atoms with Gasteiger partial charge in [0, 0.05) is 11.8 Å². The molecule has 0 atom stereocenters. The molecule has 2 aromatic rings. The number of benzene rings is 2. The summed E-state index contributed by atoms with van der Waals surface area (Å²) >= 11 is 0. The zero-order valence-electron chi connectivity index (χ0n) is 14.4. The summed E-state index contributed by atoms with van der Waals surface area (Å²) in [7, 11) is 0. The van der Waals surface area contributed by atoms with Crippen molar-refractivity contribution in [1.29, 1.82) is 0 Å². The number of hydrogen-bond acceptors (Lipinski definition) is 3. The molecule has 4 heteroatoms. The smallest absolute Gasteiger partial charge is 0.338 e. The van der Waals surface area contributed by atoms with Gasteiger partial charge >= 0.3 is 5.97 Å². The fourth-order valence-corrected chi connectivity index (χ4v) is 2.21. The number of carbonyl (C=O) groups is 2. The number of unbranched alkanes of at least 4 members (excludes halogenated alkanes) is 2. The quantitative estimate of drug-likeness (QED) is 0.432. The van der Waals surface area contributed by atoms with E-state index in [0.717, 1.165) is 24.8 Å². The molecule has 1 N–H and O–H groups in total. The Balaban J connectivity index is 1.84. The van der Waals surface area contributed by atoms with Gasteiger partial charge < -0.3 is 10.1 Å². The lowest BCUT2D eigenvalue weighted by Crippen LogP contribution is -2.09. The molecule has 0 aliphatic carbocycles. The molecular weight excluding hydrogens is 314 g/mol. The van der Waals surface area contributed by atoms with Crippen LogP contribution in [0.2, 0.25) is 0 Å². The van der Waals surface area contributed by atoms with Crippen LogP contribution in [0.1, 0.15) is 42.1 Å². The van der Waals surface area contributed by atoms with Crippen molar-refractivity contribution < 1.29 is 14.3 Å². The first-order valence-corrected chi connectivity index (χ1v) is 8.50. The maximum absolute atomic E-state index is 11.9. The molecule has 2 rings (SSSR count). The number of carbonyl (C=O) groups excluding carboxylic acids is 2. The first kappa shape index (κ1) is 18.5. The summed E-state index contributed by atoms with van der Waals surface area (Å²) in [6.45, 7) is 2.54. The number of rotatable bonds is 8. The molecule has 0 radical (unpaired) electrons. The lowest BCUT2D eigenvalue weighted by atomic mass is 10.2. The van der Waals surface area contributed by atoms with Crippen molar-refractivity contribution in [3.63, 3.8) is 0 Å². The highest BCUT2D eigenvalue weighted by Crippen LogP contribution is 2.11. The van der Waals surface area contributed by atoms with E-state index in [-0.39, 0.29) is 11.9 Å². The second-order valence-electron chi connectivity index (χ2n) is 5.65. The Bertz CT molecular complexity index is 706. The number of nitrogens with one attached hydrogen (secondary N) is 1. The van der Waals surface area contributed by atoms with Crippen LogP contribution in [-0.4, -0.2) is 18.5 Å². The van der Waals surface area contributed by atoms with Crippen molar-refractivity contribution in [2.75, 3.05) is 11.9 Å². The minimum atomic E-state index is -0.335. The minimum absolute atomic E-state index is 0.223. The van der Waals surface area contributed by atoms with Gasteiger partial charge in [0.25, 0.3) is 0 Å². The summed E-state index contributed by atoms with van der Waals surface area (Å²) in [5.41, 5.74) is 2.07. The summed E-state index contributed by atoms with van der Waals surface area (Å²) in [5.74, 6) is -0.559. The molecule has 0 fully saturated rings. The Kier molecular flexibility index (Phi) is 7.44. The highest BCUT2D eigenvalue weighted by molar-refractivity contribution is 6.02. The zero-order valence-corrected chi connectivity index (χ0v) is 14.4. The third-order valence-electron chi connectivity index (χ3n) is 3.60. The summed E-state index contributed by atoms with van der Waals surface area (Å²) in [4.78, 5) is 23.8. The van der Waals surface area contributed by atoms with Crippen molar-refractivity contribution in [1.82, 2.24) is 0 Å². The number of amides is 1. The topological polar surface area (TPSA) is 55.4 Å². The second-order valence-corrected chi connectivity index (χ2v) is 5.65. The Morgan fingerprint density at radius 1 is 1.00 bits per heavy atom. The zero-order chi connectivity index (χ0) is 17.9. The fourth-order valence-electron chi connectivity index (χ4n) is 2.21. The Morgan fingerprint density at radius 2 is 1.72 bits per heavy atom. The minimum Gasteiger partial charge on any atom is -0.462 e. The predicted octanol–water partition coefficient (Wildman–Crippen LogP) is 4.69. The van der Waals surface area contributed by atoms with E-state index in [1.54, 1.807) is 30.3 Å². The van der Waals surface area contributed by atoms with Gasteiger partial charge in [0.1, 0.15) is 0 Å². The van der Waals surface area contributed by atoms with Gasteiger partial charge in [-0.15, -0.1) is 0 Å². The van der Waals surface area contributed by atoms with Gasteiger partial charge in [0.05, 0.1) is 12.2 Å². The predicted molar refractivity (Wildman–Crippen MR) is 100 cm³/mol. The molecule has 2 aromatic carbocycles. The SMILES string of the molecule is CCCCCOC(=O)c1ccc(NC(=O)C=Cc2ccccc2)cc1. The molecule has 25 heavy (non-hydrogen) atoms. The van der Waals surface area contributed by atoms with Crippen LogP contribution in [0.3, 0.4) is 0 Å². The van der Waals surface area contributed by atoms with Crippen LogP contribution in [0.15, 0.2) is 60.7 Å². The molecule has 0 unspecified atom stereocenters. The molecule has 0 aliphatic heterocycles. The van der Waals surface area contributed by atoms with E-state index in [0.29, 0.717) is 17.9 Å². The molecule has 0 saturated heterocycles. The van der Waals surface area contributed by atoms with Crippen LogP contribution < -0.4 is 5.32 Å². The number of hydrogen-bond donors (Lipinski definition) is 1. The van der Waals surface area contributed by atoms with Crippen molar-refractivity contribution in [2.24, 2.45) is 0 Å². The molecule has 130 valence electrons. The van der Waals surface area contributed by atoms with Gasteiger partial charge in [0.2, 0.25) is 5.91 Å². The maximum Gasteiger partial charge on any atom is 0.338 e. The normalized spacial score (nSPS) is 10.6. The first-order chi connectivity index (χ1) is 12.2. The molecule has 0 bridgehead atoms. The monoisotopic (exact) mass is 337 g/mol. The summed E-state index contributed by atoms with van der Waals surface area (Å²) < 4.78 is 5.20. The lowest BCUT2D eigenvalue weighted by Gasteiger charge is -2.06. The number of anilines is 1. The van der Waals surface area contributed by atoms with Crippen LogP contribution in [0.25, 0.3) is 6.08 Å². The Morgan fingerprint density at radius 3 is 2.40 bits per heavy atom. The van der Waals surface area contributed by atoms with Crippen molar-refractivity contribution in [3.05, 3.63) is 71.8 Å². The highest BCUT2D eigenvalue weighted by atomic mass is 16.5. The van der Waals surface area contributed by atoms with Crippen molar-refractivity contribution >= 4 is 23.6 Å². The van der Waals surface area contributed by atoms with Crippen molar-refractivity contribution in [2.45, 2.75) is 26.2 Å². The van der Waals surface area contributed by atoms with E-state index < -0.39 is 0 Å². The molecule has 0 aromatic heterocycles. The average molecular weight is 337 g/mol. The van der Waals surface area contributed by atoms with Gasteiger partial charge in [-0.3, -0.25) is 4.79 Å². The molecular formula is C21H23NO3. The molecule has 0 aliphatic rings. The van der Waals surface area contributed by atoms with Gasteiger partial charge in [-0.25, -0.2) is 4.79 Å². The molecule has 0 spiro atoms. The standard InChI is InChI=1S/C21H23NO3/c1-2-3-7-16-25-21(24)18-11-13-19(14-12-18)22-20(23)15-10-17-8-5-4-6-9-17/h4-6,8-15H,2-3,7,16H2,1H3,(H,22,23). The molecule has 1 amide bonds. The number of ether oxygens (including phenoxy) is 1. The Labute approximate surface area is 148 Å². The van der Waals surface area contributed by atoms with E-state index in [1.807, 2.05) is 30.3 Å². The van der Waals surface area contributed by atoms with Crippen molar-refractivity contribution in [3.8, 4) is 0 Å². The molecule has 0 saturated carbocycles. The van der Waals surface area contributed by atoms with Crippen LogP contribution >= 0.6 is 0 Å². The summed E-state index contributed by atoms with van der Waals surface area (Å²) in [5, 5.41) is 2.76. The van der Waals surface area contributed by atoms with E-state index >= 15 is 0 Å². The summed E-state index contributed by atoms with van der Waals surface area (Å²) in [6, 6.07) is 16.3. The largest absolute Gasteiger partial charge is 0.462 e. The lowest BCUT2D eigenvalue weighted by molar-refractivity contribution is -0.111. The van der Waals surface area contributed by atoms with Crippen LogP contribution in [0.5, 0.6) is 0 Å². The van der Waals surface area contributed by atoms with E-state index in [1.165, 1.54) is 6.08 Å². The van der Waals surface area contributed by atoms with Gasteiger partial charge in [-0.2, -0.15) is 0 Å². The molecule has 0 heterocycles.